The Labute approximate surface area is 100 Å². The number of piperidine rings is 1. The fraction of sp³-hybridized carbons (Fsp3) is 1.00. The van der Waals surface area contributed by atoms with Crippen LogP contribution in [0.4, 0.5) is 0 Å². The molecule has 0 aliphatic carbocycles. The van der Waals surface area contributed by atoms with Crippen LogP contribution in [0.15, 0.2) is 0 Å². The fourth-order valence-electron chi connectivity index (χ4n) is 2.16. The van der Waals surface area contributed by atoms with Gasteiger partial charge in [0, 0.05) is 12.6 Å². The molecular formula is C13H28N2O. The van der Waals surface area contributed by atoms with E-state index in [0.29, 0.717) is 12.6 Å². The summed E-state index contributed by atoms with van der Waals surface area (Å²) in [5.74, 6) is 0. The van der Waals surface area contributed by atoms with Crippen LogP contribution < -0.4 is 5.32 Å². The van der Waals surface area contributed by atoms with Crippen LogP contribution in [0.5, 0.6) is 0 Å². The Hall–Kier alpha value is -0.120. The summed E-state index contributed by atoms with van der Waals surface area (Å²) in [6, 6.07) is 0.716. The number of nitrogens with zero attached hydrogens (tertiary/aromatic N) is 1. The fourth-order valence-corrected chi connectivity index (χ4v) is 2.16. The lowest BCUT2D eigenvalue weighted by Crippen LogP contribution is -2.41. The molecule has 0 atom stereocenters. The van der Waals surface area contributed by atoms with Crippen LogP contribution >= 0.6 is 0 Å². The third kappa shape index (κ3) is 5.28. The van der Waals surface area contributed by atoms with Crippen molar-refractivity contribution in [2.45, 2.75) is 45.6 Å². The molecule has 0 saturated carbocycles. The summed E-state index contributed by atoms with van der Waals surface area (Å²) in [6.45, 7) is 8.09. The zero-order valence-corrected chi connectivity index (χ0v) is 11.1. The van der Waals surface area contributed by atoms with E-state index in [1.165, 1.54) is 32.4 Å². The third-order valence-corrected chi connectivity index (χ3v) is 3.61. The van der Waals surface area contributed by atoms with Gasteiger partial charge in [0.1, 0.15) is 0 Å². The van der Waals surface area contributed by atoms with Crippen molar-refractivity contribution in [3.8, 4) is 0 Å². The van der Waals surface area contributed by atoms with Crippen LogP contribution in [0, 0.1) is 5.41 Å². The van der Waals surface area contributed by atoms with E-state index in [4.69, 9.17) is 5.11 Å². The predicted molar refractivity (Wildman–Crippen MR) is 68.6 cm³/mol. The molecule has 3 heteroatoms. The van der Waals surface area contributed by atoms with E-state index in [1.807, 2.05) is 0 Å². The first kappa shape index (κ1) is 13.9. The summed E-state index contributed by atoms with van der Waals surface area (Å²) in [4.78, 5) is 2.40. The molecule has 96 valence electrons. The maximum atomic E-state index is 9.15. The SMILES string of the molecule is CN1CCC(NCCCC(C)(C)CO)CC1. The monoisotopic (exact) mass is 228 g/mol. The van der Waals surface area contributed by atoms with Crippen molar-refractivity contribution in [2.24, 2.45) is 5.41 Å². The van der Waals surface area contributed by atoms with Crippen LogP contribution in [-0.4, -0.2) is 49.3 Å². The van der Waals surface area contributed by atoms with E-state index in [2.05, 4.69) is 31.1 Å². The van der Waals surface area contributed by atoms with Crippen molar-refractivity contribution in [3.05, 3.63) is 0 Å². The first-order valence-electron chi connectivity index (χ1n) is 6.56. The summed E-state index contributed by atoms with van der Waals surface area (Å²) < 4.78 is 0. The number of aliphatic hydroxyl groups is 1. The molecule has 0 spiro atoms. The first-order valence-corrected chi connectivity index (χ1v) is 6.56. The maximum absolute atomic E-state index is 9.15. The molecule has 2 N–H and O–H groups in total. The smallest absolute Gasteiger partial charge is 0.0482 e. The zero-order chi connectivity index (χ0) is 12.0. The van der Waals surface area contributed by atoms with Crippen molar-refractivity contribution in [2.75, 3.05) is 33.3 Å². The minimum Gasteiger partial charge on any atom is -0.396 e. The van der Waals surface area contributed by atoms with Crippen LogP contribution in [-0.2, 0) is 0 Å². The predicted octanol–water partition coefficient (Wildman–Crippen LogP) is 1.47. The van der Waals surface area contributed by atoms with Crippen LogP contribution in [0.25, 0.3) is 0 Å². The Kier molecular flexibility index (Phi) is 5.73. The normalized spacial score (nSPS) is 20.2. The topological polar surface area (TPSA) is 35.5 Å². The maximum Gasteiger partial charge on any atom is 0.0482 e. The van der Waals surface area contributed by atoms with Gasteiger partial charge >= 0.3 is 0 Å². The van der Waals surface area contributed by atoms with Crippen LogP contribution in [0.3, 0.4) is 0 Å². The van der Waals surface area contributed by atoms with Crippen molar-refractivity contribution < 1.29 is 5.11 Å². The molecule has 1 fully saturated rings. The molecule has 1 heterocycles. The number of hydrogen-bond donors (Lipinski definition) is 2. The Morgan fingerprint density at radius 2 is 1.94 bits per heavy atom. The van der Waals surface area contributed by atoms with Gasteiger partial charge in [0.05, 0.1) is 0 Å². The molecule has 16 heavy (non-hydrogen) atoms. The van der Waals surface area contributed by atoms with Crippen LogP contribution in [0.2, 0.25) is 0 Å². The lowest BCUT2D eigenvalue weighted by atomic mass is 9.89. The van der Waals surface area contributed by atoms with Crippen molar-refractivity contribution >= 4 is 0 Å². The van der Waals surface area contributed by atoms with Crippen molar-refractivity contribution in [3.63, 3.8) is 0 Å². The zero-order valence-electron chi connectivity index (χ0n) is 11.1. The Morgan fingerprint density at radius 3 is 2.50 bits per heavy atom. The highest BCUT2D eigenvalue weighted by Gasteiger charge is 2.17. The number of nitrogens with one attached hydrogen (secondary N) is 1. The van der Waals surface area contributed by atoms with Gasteiger partial charge in [-0.05, 0) is 57.8 Å². The van der Waals surface area contributed by atoms with E-state index in [0.717, 1.165) is 13.0 Å². The second kappa shape index (κ2) is 6.58. The quantitative estimate of drug-likeness (QED) is 0.676. The summed E-state index contributed by atoms with van der Waals surface area (Å²) in [7, 11) is 2.19. The number of likely N-dealkylation sites (tertiary alicyclic amines) is 1. The van der Waals surface area contributed by atoms with Gasteiger partial charge in [-0.1, -0.05) is 13.8 Å². The molecule has 3 nitrogen and oxygen atoms in total. The molecule has 0 bridgehead atoms. The molecule has 1 saturated heterocycles. The molecule has 0 aromatic rings. The summed E-state index contributed by atoms with van der Waals surface area (Å²) in [6.07, 6.45) is 4.82. The molecule has 0 amide bonds. The lowest BCUT2D eigenvalue weighted by molar-refractivity contribution is 0.146. The number of aliphatic hydroxyl groups excluding tert-OH is 1. The minimum absolute atomic E-state index is 0.0917. The number of rotatable bonds is 6. The van der Waals surface area contributed by atoms with E-state index >= 15 is 0 Å². The highest BCUT2D eigenvalue weighted by Crippen LogP contribution is 2.20. The highest BCUT2D eigenvalue weighted by atomic mass is 16.3. The summed E-state index contributed by atoms with van der Waals surface area (Å²) in [5, 5.41) is 12.8. The van der Waals surface area contributed by atoms with E-state index < -0.39 is 0 Å². The van der Waals surface area contributed by atoms with Gasteiger partial charge in [-0.25, -0.2) is 0 Å². The Bertz CT molecular complexity index is 186. The molecule has 0 aromatic carbocycles. The Balaban J connectivity index is 2.03. The highest BCUT2D eigenvalue weighted by molar-refractivity contribution is 4.76. The second-order valence-corrected chi connectivity index (χ2v) is 5.96. The molecule has 1 aliphatic rings. The molecule has 0 radical (unpaired) electrons. The Morgan fingerprint density at radius 1 is 1.31 bits per heavy atom. The molecule has 1 rings (SSSR count). The van der Waals surface area contributed by atoms with Gasteiger partial charge in [0.2, 0.25) is 0 Å². The average molecular weight is 228 g/mol. The molecule has 0 aromatic heterocycles. The van der Waals surface area contributed by atoms with Crippen molar-refractivity contribution in [1.82, 2.24) is 10.2 Å². The van der Waals surface area contributed by atoms with E-state index in [1.54, 1.807) is 0 Å². The third-order valence-electron chi connectivity index (χ3n) is 3.61. The summed E-state index contributed by atoms with van der Waals surface area (Å²) >= 11 is 0. The standard InChI is InChI=1S/C13H28N2O/c1-13(2,11-16)7-4-8-14-12-5-9-15(3)10-6-12/h12,14,16H,4-11H2,1-3H3. The van der Waals surface area contributed by atoms with Crippen LogP contribution in [0.1, 0.15) is 39.5 Å². The van der Waals surface area contributed by atoms with Gasteiger partial charge in [-0.3, -0.25) is 0 Å². The average Bonchev–Trinajstić information content (AvgIpc) is 2.27. The van der Waals surface area contributed by atoms with E-state index in [9.17, 15) is 0 Å². The van der Waals surface area contributed by atoms with Gasteiger partial charge in [0.15, 0.2) is 0 Å². The van der Waals surface area contributed by atoms with Gasteiger partial charge < -0.3 is 15.3 Å². The van der Waals surface area contributed by atoms with Gasteiger partial charge in [-0.15, -0.1) is 0 Å². The lowest BCUT2D eigenvalue weighted by Gasteiger charge is -2.30. The largest absolute Gasteiger partial charge is 0.396 e. The van der Waals surface area contributed by atoms with E-state index in [-0.39, 0.29) is 5.41 Å². The summed E-state index contributed by atoms with van der Waals surface area (Å²) in [5.41, 5.74) is 0.0917. The molecular weight excluding hydrogens is 200 g/mol. The minimum atomic E-state index is 0.0917. The number of hydrogen-bond acceptors (Lipinski definition) is 3. The second-order valence-electron chi connectivity index (χ2n) is 5.96. The molecule has 0 unspecified atom stereocenters. The van der Waals surface area contributed by atoms with Gasteiger partial charge in [-0.2, -0.15) is 0 Å². The molecule has 1 aliphatic heterocycles. The van der Waals surface area contributed by atoms with Crippen molar-refractivity contribution in [1.29, 1.82) is 0 Å². The first-order chi connectivity index (χ1) is 7.53. The van der Waals surface area contributed by atoms with Gasteiger partial charge in [0.25, 0.3) is 0 Å².